The lowest BCUT2D eigenvalue weighted by Crippen LogP contribution is -2.72. The fraction of sp³-hybridized carbons (Fsp3) is 0.143. The van der Waals surface area contributed by atoms with Crippen LogP contribution in [0.15, 0.2) is 97.1 Å². The Kier molecular flexibility index (Phi) is 5.60. The fourth-order valence-electron chi connectivity index (χ4n) is 4.24. The third-order valence-electron chi connectivity index (χ3n) is 6.24. The van der Waals surface area contributed by atoms with Gasteiger partial charge in [-0.05, 0) is 77.6 Å². The van der Waals surface area contributed by atoms with E-state index in [0.717, 1.165) is 5.75 Å². The molecule has 4 aromatic carbocycles. The van der Waals surface area contributed by atoms with E-state index in [4.69, 9.17) is 4.43 Å². The quantitative estimate of drug-likeness (QED) is 0.335. The molecule has 0 saturated heterocycles. The Morgan fingerprint density at radius 1 is 0.533 bits per heavy atom. The van der Waals surface area contributed by atoms with Crippen LogP contribution in [-0.2, 0) is 0 Å². The Balaban J connectivity index is 2.11. The molecule has 0 spiro atoms. The van der Waals surface area contributed by atoms with Crippen LogP contribution in [0.25, 0.3) is 0 Å². The minimum absolute atomic E-state index is 0.909. The molecule has 0 N–H and O–H groups in total. The van der Waals surface area contributed by atoms with Crippen LogP contribution in [0, 0.1) is 27.7 Å². The van der Waals surface area contributed by atoms with Crippen LogP contribution in [0.4, 0.5) is 0 Å². The second-order valence-corrected chi connectivity index (χ2v) is 11.2. The van der Waals surface area contributed by atoms with E-state index < -0.39 is 8.32 Å². The van der Waals surface area contributed by atoms with Gasteiger partial charge in [0, 0.05) is 0 Å². The molecule has 30 heavy (non-hydrogen) atoms. The van der Waals surface area contributed by atoms with Crippen LogP contribution in [-0.4, -0.2) is 8.32 Å². The zero-order valence-corrected chi connectivity index (χ0v) is 19.1. The number of para-hydroxylation sites is 1. The SMILES string of the molecule is Cc1cc([Si](Oc2ccccc2)(c2ccccc2)c2ccccc2)c(C)c(C)c1C. The van der Waals surface area contributed by atoms with Crippen LogP contribution in [0.5, 0.6) is 5.75 Å². The molecule has 1 nitrogen and oxygen atoms in total. The molecular weight excluding hydrogens is 380 g/mol. The highest BCUT2D eigenvalue weighted by molar-refractivity contribution is 7.07. The summed E-state index contributed by atoms with van der Waals surface area (Å²) in [7, 11) is -2.79. The third kappa shape index (κ3) is 3.48. The van der Waals surface area contributed by atoms with Gasteiger partial charge in [-0.15, -0.1) is 0 Å². The number of rotatable bonds is 5. The predicted molar refractivity (Wildman–Crippen MR) is 130 cm³/mol. The summed E-state index contributed by atoms with van der Waals surface area (Å²) in [4.78, 5) is 0. The molecule has 4 aromatic rings. The Bertz CT molecular complexity index is 1100. The van der Waals surface area contributed by atoms with Crippen molar-refractivity contribution in [3.63, 3.8) is 0 Å². The minimum Gasteiger partial charge on any atom is -0.530 e. The topological polar surface area (TPSA) is 9.23 Å². The first-order valence-corrected chi connectivity index (χ1v) is 12.4. The summed E-state index contributed by atoms with van der Waals surface area (Å²) in [6, 6.07) is 34.2. The first-order valence-electron chi connectivity index (χ1n) is 10.5. The van der Waals surface area contributed by atoms with Crippen LogP contribution in [0.3, 0.4) is 0 Å². The van der Waals surface area contributed by atoms with E-state index in [1.807, 2.05) is 18.2 Å². The van der Waals surface area contributed by atoms with Crippen LogP contribution in [0.2, 0.25) is 0 Å². The minimum atomic E-state index is -2.79. The number of benzene rings is 4. The normalized spacial score (nSPS) is 11.3. The van der Waals surface area contributed by atoms with Gasteiger partial charge in [-0.25, -0.2) is 0 Å². The summed E-state index contributed by atoms with van der Waals surface area (Å²) in [5.41, 5.74) is 5.35. The Labute approximate surface area is 181 Å². The van der Waals surface area contributed by atoms with Crippen LogP contribution in [0.1, 0.15) is 22.3 Å². The summed E-state index contributed by atoms with van der Waals surface area (Å²) < 4.78 is 7.13. The molecule has 0 atom stereocenters. The molecule has 0 bridgehead atoms. The van der Waals surface area contributed by atoms with Gasteiger partial charge in [0.2, 0.25) is 0 Å². The van der Waals surface area contributed by atoms with Gasteiger partial charge in [0.15, 0.2) is 0 Å². The van der Waals surface area contributed by atoms with Crippen molar-refractivity contribution in [1.29, 1.82) is 0 Å². The van der Waals surface area contributed by atoms with E-state index in [1.54, 1.807) is 0 Å². The highest BCUT2D eigenvalue weighted by Gasteiger charge is 2.45. The molecule has 0 fully saturated rings. The van der Waals surface area contributed by atoms with Crippen molar-refractivity contribution in [3.8, 4) is 5.75 Å². The van der Waals surface area contributed by atoms with E-state index in [0.29, 0.717) is 0 Å². The molecule has 0 heterocycles. The maximum atomic E-state index is 7.13. The van der Waals surface area contributed by atoms with Gasteiger partial charge in [0.1, 0.15) is 5.75 Å². The molecule has 0 unspecified atom stereocenters. The van der Waals surface area contributed by atoms with E-state index in [-0.39, 0.29) is 0 Å². The standard InChI is InChI=1S/C28H28OSi/c1-21-20-28(24(4)23(3)22(21)2)30(26-16-10-6-11-17-26,27-18-12-7-13-19-27)29-25-14-8-5-9-15-25/h5-20H,1-4H3. The first kappa shape index (κ1) is 20.2. The highest BCUT2D eigenvalue weighted by Crippen LogP contribution is 2.22. The van der Waals surface area contributed by atoms with Crippen molar-refractivity contribution in [3.05, 3.63) is 119 Å². The Morgan fingerprint density at radius 3 is 1.50 bits per heavy atom. The lowest BCUT2D eigenvalue weighted by Gasteiger charge is -2.35. The van der Waals surface area contributed by atoms with E-state index >= 15 is 0 Å². The molecule has 4 rings (SSSR count). The molecule has 2 heteroatoms. The molecule has 0 amide bonds. The van der Waals surface area contributed by atoms with Crippen molar-refractivity contribution in [2.24, 2.45) is 0 Å². The van der Waals surface area contributed by atoms with Gasteiger partial charge in [0.05, 0.1) is 0 Å². The van der Waals surface area contributed by atoms with Crippen molar-refractivity contribution >= 4 is 23.9 Å². The average Bonchev–Trinajstić information content (AvgIpc) is 2.80. The monoisotopic (exact) mass is 408 g/mol. The molecule has 0 aliphatic rings. The van der Waals surface area contributed by atoms with Gasteiger partial charge < -0.3 is 4.43 Å². The van der Waals surface area contributed by atoms with Gasteiger partial charge >= 0.3 is 8.32 Å². The van der Waals surface area contributed by atoms with Gasteiger partial charge in [-0.3, -0.25) is 0 Å². The van der Waals surface area contributed by atoms with Crippen molar-refractivity contribution in [2.45, 2.75) is 27.7 Å². The highest BCUT2D eigenvalue weighted by atomic mass is 28.4. The maximum Gasteiger partial charge on any atom is 0.347 e. The van der Waals surface area contributed by atoms with Crippen molar-refractivity contribution in [2.75, 3.05) is 0 Å². The second kappa shape index (κ2) is 8.33. The van der Waals surface area contributed by atoms with Crippen molar-refractivity contribution < 1.29 is 4.43 Å². The number of hydrogen-bond donors (Lipinski definition) is 0. The Morgan fingerprint density at radius 2 is 1.00 bits per heavy atom. The van der Waals surface area contributed by atoms with Crippen LogP contribution >= 0.6 is 0 Å². The predicted octanol–water partition coefficient (Wildman–Crippen LogP) is 4.97. The number of aryl methyl sites for hydroxylation is 1. The number of hydrogen-bond acceptors (Lipinski definition) is 1. The van der Waals surface area contributed by atoms with Gasteiger partial charge in [-0.2, -0.15) is 0 Å². The lowest BCUT2D eigenvalue weighted by atomic mass is 10.00. The molecule has 0 aliphatic carbocycles. The lowest BCUT2D eigenvalue weighted by molar-refractivity contribution is 0.577. The molecule has 0 aliphatic heterocycles. The van der Waals surface area contributed by atoms with E-state index in [2.05, 4.69) is 107 Å². The fourth-order valence-corrected chi connectivity index (χ4v) is 8.49. The molecule has 150 valence electrons. The van der Waals surface area contributed by atoms with Gasteiger partial charge in [-0.1, -0.05) is 84.9 Å². The van der Waals surface area contributed by atoms with E-state index in [1.165, 1.54) is 37.8 Å². The Hall–Kier alpha value is -3.10. The maximum absolute atomic E-state index is 7.13. The molecular formula is C28H28OSi. The van der Waals surface area contributed by atoms with Crippen molar-refractivity contribution in [1.82, 2.24) is 0 Å². The van der Waals surface area contributed by atoms with Crippen LogP contribution < -0.4 is 20.0 Å². The smallest absolute Gasteiger partial charge is 0.347 e. The molecule has 0 saturated carbocycles. The third-order valence-corrected chi connectivity index (χ3v) is 10.3. The summed E-state index contributed by atoms with van der Waals surface area (Å²) >= 11 is 0. The van der Waals surface area contributed by atoms with E-state index in [9.17, 15) is 0 Å². The zero-order valence-electron chi connectivity index (χ0n) is 18.1. The summed E-state index contributed by atoms with van der Waals surface area (Å²) in [5, 5.41) is 3.83. The van der Waals surface area contributed by atoms with Gasteiger partial charge in [0.25, 0.3) is 0 Å². The largest absolute Gasteiger partial charge is 0.530 e. The molecule has 0 radical (unpaired) electrons. The zero-order chi connectivity index (χ0) is 21.1. The average molecular weight is 409 g/mol. The summed E-state index contributed by atoms with van der Waals surface area (Å²) in [6.45, 7) is 8.91. The summed E-state index contributed by atoms with van der Waals surface area (Å²) in [6.07, 6.45) is 0. The first-order chi connectivity index (χ1) is 14.5. The second-order valence-electron chi connectivity index (χ2n) is 7.94. The summed E-state index contributed by atoms with van der Waals surface area (Å²) in [5.74, 6) is 0.909. The molecule has 0 aromatic heterocycles.